The lowest BCUT2D eigenvalue weighted by Crippen LogP contribution is -2.37. The van der Waals surface area contributed by atoms with Crippen LogP contribution in [-0.4, -0.2) is 23.9 Å². The fourth-order valence-electron chi connectivity index (χ4n) is 1.95. The number of nitrogens with one attached hydrogen (secondary N) is 2. The Morgan fingerprint density at radius 3 is 2.06 bits per heavy atom. The van der Waals surface area contributed by atoms with Gasteiger partial charge in [-0.2, -0.15) is 0 Å². The topological polar surface area (TPSA) is 41.1 Å². The van der Waals surface area contributed by atoms with E-state index in [1.807, 2.05) is 0 Å². The van der Waals surface area contributed by atoms with Gasteiger partial charge in [0.25, 0.3) is 0 Å². The summed E-state index contributed by atoms with van der Waals surface area (Å²) in [5.41, 5.74) is 0. The fourth-order valence-corrected chi connectivity index (χ4v) is 2.34. The van der Waals surface area contributed by atoms with E-state index in [4.69, 9.17) is 0 Å². The number of rotatable bonds is 11. The number of carbonyl (C=O) groups excluding carboxylic acids is 1. The van der Waals surface area contributed by atoms with E-state index in [1.165, 1.54) is 44.9 Å². The molecular formula is C14H27BrN2O. The van der Waals surface area contributed by atoms with Crippen molar-refractivity contribution in [3.63, 3.8) is 0 Å². The van der Waals surface area contributed by atoms with Gasteiger partial charge >= 0.3 is 6.03 Å². The lowest BCUT2D eigenvalue weighted by Gasteiger charge is -2.06. The second kappa shape index (κ2) is 10.7. The average Bonchev–Trinajstić information content (AvgIpc) is 3.15. The van der Waals surface area contributed by atoms with Crippen molar-refractivity contribution in [3.8, 4) is 0 Å². The van der Waals surface area contributed by atoms with Crippen LogP contribution < -0.4 is 10.6 Å². The van der Waals surface area contributed by atoms with E-state index >= 15 is 0 Å². The molecule has 0 radical (unpaired) electrons. The van der Waals surface area contributed by atoms with Crippen molar-refractivity contribution in [1.29, 1.82) is 0 Å². The molecule has 0 aromatic carbocycles. The minimum absolute atomic E-state index is 0.0206. The van der Waals surface area contributed by atoms with Crippen LogP contribution in [0.25, 0.3) is 0 Å². The minimum Gasteiger partial charge on any atom is -0.338 e. The molecule has 106 valence electrons. The first kappa shape index (κ1) is 15.8. The van der Waals surface area contributed by atoms with Crippen LogP contribution in [0.2, 0.25) is 0 Å². The largest absolute Gasteiger partial charge is 0.338 e. The van der Waals surface area contributed by atoms with Crippen molar-refractivity contribution in [2.45, 2.75) is 70.3 Å². The summed E-state index contributed by atoms with van der Waals surface area (Å²) in [6, 6.07) is 0.483. The summed E-state index contributed by atoms with van der Waals surface area (Å²) in [6.45, 7) is 0.822. The van der Waals surface area contributed by atoms with E-state index in [0.29, 0.717) is 6.04 Å². The number of carbonyl (C=O) groups is 1. The number of urea groups is 1. The van der Waals surface area contributed by atoms with E-state index < -0.39 is 0 Å². The number of amides is 2. The van der Waals surface area contributed by atoms with Gasteiger partial charge in [0, 0.05) is 17.9 Å². The summed E-state index contributed by atoms with van der Waals surface area (Å²) >= 11 is 3.45. The molecule has 3 nitrogen and oxygen atoms in total. The van der Waals surface area contributed by atoms with Crippen molar-refractivity contribution in [1.82, 2.24) is 10.6 Å². The molecule has 4 heteroatoms. The third-order valence-electron chi connectivity index (χ3n) is 3.26. The Morgan fingerprint density at radius 2 is 1.50 bits per heavy atom. The van der Waals surface area contributed by atoms with Crippen molar-refractivity contribution in [2.75, 3.05) is 11.9 Å². The molecule has 0 heterocycles. The van der Waals surface area contributed by atoms with E-state index in [9.17, 15) is 4.79 Å². The standard InChI is InChI=1S/C14H27BrN2O/c15-11-7-5-3-1-2-4-6-8-12-16-14(18)17-13-9-10-13/h13H,1-12H2,(H2,16,17,18). The van der Waals surface area contributed by atoms with Gasteiger partial charge in [-0.1, -0.05) is 54.5 Å². The molecule has 1 fully saturated rings. The Balaban J connectivity index is 1.71. The summed E-state index contributed by atoms with van der Waals surface area (Å²) in [4.78, 5) is 11.3. The fraction of sp³-hybridized carbons (Fsp3) is 0.929. The van der Waals surface area contributed by atoms with Gasteiger partial charge in [0.15, 0.2) is 0 Å². The molecule has 1 aliphatic carbocycles. The van der Waals surface area contributed by atoms with Gasteiger partial charge in [-0.25, -0.2) is 4.79 Å². The Labute approximate surface area is 120 Å². The first-order valence-corrected chi connectivity index (χ1v) is 8.55. The Kier molecular flexibility index (Phi) is 9.35. The van der Waals surface area contributed by atoms with Crippen molar-refractivity contribution in [2.24, 2.45) is 0 Å². The molecule has 0 aromatic rings. The summed E-state index contributed by atoms with van der Waals surface area (Å²) in [7, 11) is 0. The van der Waals surface area contributed by atoms with Crippen molar-refractivity contribution in [3.05, 3.63) is 0 Å². The molecule has 0 saturated heterocycles. The van der Waals surface area contributed by atoms with E-state index in [1.54, 1.807) is 0 Å². The number of unbranched alkanes of at least 4 members (excludes halogenated alkanes) is 7. The molecule has 2 amide bonds. The minimum atomic E-state index is 0.0206. The van der Waals surface area contributed by atoms with Crippen LogP contribution >= 0.6 is 15.9 Å². The molecule has 1 aliphatic rings. The average molecular weight is 319 g/mol. The van der Waals surface area contributed by atoms with Crippen LogP contribution in [-0.2, 0) is 0 Å². The summed E-state index contributed by atoms with van der Waals surface area (Å²) in [6.07, 6.45) is 12.7. The lowest BCUT2D eigenvalue weighted by atomic mass is 10.1. The van der Waals surface area contributed by atoms with Crippen LogP contribution in [0.15, 0.2) is 0 Å². The molecule has 2 N–H and O–H groups in total. The third kappa shape index (κ3) is 9.75. The van der Waals surface area contributed by atoms with Crippen LogP contribution in [0.1, 0.15) is 64.2 Å². The second-order valence-electron chi connectivity index (χ2n) is 5.19. The maximum Gasteiger partial charge on any atom is 0.315 e. The molecule has 1 saturated carbocycles. The summed E-state index contributed by atoms with van der Waals surface area (Å²) in [5, 5.41) is 6.99. The maximum atomic E-state index is 11.3. The summed E-state index contributed by atoms with van der Waals surface area (Å²) in [5.74, 6) is 0. The van der Waals surface area contributed by atoms with E-state index in [2.05, 4.69) is 26.6 Å². The van der Waals surface area contributed by atoms with Crippen LogP contribution in [0.4, 0.5) is 4.79 Å². The van der Waals surface area contributed by atoms with Crippen molar-refractivity contribution < 1.29 is 4.79 Å². The maximum absolute atomic E-state index is 11.3. The zero-order chi connectivity index (χ0) is 13.1. The number of hydrogen-bond acceptors (Lipinski definition) is 1. The highest BCUT2D eigenvalue weighted by molar-refractivity contribution is 9.09. The molecule has 0 aliphatic heterocycles. The molecule has 18 heavy (non-hydrogen) atoms. The lowest BCUT2D eigenvalue weighted by molar-refractivity contribution is 0.240. The molecule has 1 rings (SSSR count). The zero-order valence-corrected chi connectivity index (χ0v) is 12.9. The first-order valence-electron chi connectivity index (χ1n) is 7.43. The van der Waals surface area contributed by atoms with Crippen molar-refractivity contribution >= 4 is 22.0 Å². The Morgan fingerprint density at radius 1 is 0.944 bits per heavy atom. The third-order valence-corrected chi connectivity index (χ3v) is 3.82. The zero-order valence-electron chi connectivity index (χ0n) is 11.3. The highest BCUT2D eigenvalue weighted by Crippen LogP contribution is 2.18. The Bertz CT molecular complexity index is 220. The van der Waals surface area contributed by atoms with Gasteiger partial charge < -0.3 is 10.6 Å². The highest BCUT2D eigenvalue weighted by atomic mass is 79.9. The van der Waals surface area contributed by atoms with Gasteiger partial charge in [0.2, 0.25) is 0 Å². The molecule has 0 bridgehead atoms. The second-order valence-corrected chi connectivity index (χ2v) is 5.98. The van der Waals surface area contributed by atoms with Crippen LogP contribution in [0.3, 0.4) is 0 Å². The van der Waals surface area contributed by atoms with Gasteiger partial charge in [-0.3, -0.25) is 0 Å². The Hall–Kier alpha value is -0.250. The number of alkyl halides is 1. The quantitative estimate of drug-likeness (QED) is 0.439. The molecule has 0 aromatic heterocycles. The van der Waals surface area contributed by atoms with E-state index in [0.717, 1.165) is 31.1 Å². The monoisotopic (exact) mass is 318 g/mol. The predicted molar refractivity (Wildman–Crippen MR) is 80.3 cm³/mol. The number of hydrogen-bond donors (Lipinski definition) is 2. The first-order chi connectivity index (χ1) is 8.83. The highest BCUT2D eigenvalue weighted by Gasteiger charge is 2.22. The predicted octanol–water partition coefficient (Wildman–Crippen LogP) is 3.96. The molecule has 0 unspecified atom stereocenters. The van der Waals surface area contributed by atoms with Gasteiger partial charge in [-0.15, -0.1) is 0 Å². The summed E-state index contributed by atoms with van der Waals surface area (Å²) < 4.78 is 0. The molecular weight excluding hydrogens is 292 g/mol. The van der Waals surface area contributed by atoms with Gasteiger partial charge in [0.1, 0.15) is 0 Å². The molecule has 0 atom stereocenters. The smallest absolute Gasteiger partial charge is 0.315 e. The van der Waals surface area contributed by atoms with E-state index in [-0.39, 0.29) is 6.03 Å². The molecule has 0 spiro atoms. The van der Waals surface area contributed by atoms with Gasteiger partial charge in [0.05, 0.1) is 0 Å². The van der Waals surface area contributed by atoms with Crippen LogP contribution in [0.5, 0.6) is 0 Å². The van der Waals surface area contributed by atoms with Crippen LogP contribution in [0, 0.1) is 0 Å². The SMILES string of the molecule is O=C(NCCCCCCCCCCBr)NC1CC1. The van der Waals surface area contributed by atoms with Gasteiger partial charge in [-0.05, 0) is 25.7 Å². The normalized spacial score (nSPS) is 14.5. The number of halogens is 1.